The van der Waals surface area contributed by atoms with E-state index in [1.807, 2.05) is 0 Å². The Labute approximate surface area is 119 Å². The van der Waals surface area contributed by atoms with E-state index < -0.39 is 4.92 Å². The molecule has 106 valence electrons. The maximum Gasteiger partial charge on any atom is 0.269 e. The number of carbonyl (C=O) groups is 2. The quantitative estimate of drug-likeness (QED) is 0.500. The van der Waals surface area contributed by atoms with Gasteiger partial charge in [-0.25, -0.2) is 0 Å². The molecule has 1 fully saturated rings. The minimum Gasteiger partial charge on any atom is -0.353 e. The molecular formula is C12H13N3O4S. The number of nitrogens with one attached hydrogen (secondary N) is 1. The first kappa shape index (κ1) is 14.3. The van der Waals surface area contributed by atoms with Gasteiger partial charge in [0.2, 0.25) is 11.8 Å². The average Bonchev–Trinajstić information content (AvgIpc) is 2.45. The van der Waals surface area contributed by atoms with Crippen LogP contribution in [0.25, 0.3) is 0 Å². The summed E-state index contributed by atoms with van der Waals surface area (Å²) in [5.41, 5.74) is 0.0216. The summed E-state index contributed by atoms with van der Waals surface area (Å²) in [5, 5.41) is 13.2. The highest BCUT2D eigenvalue weighted by molar-refractivity contribution is 8.00. The standard InChI is InChI=1S/C12H13N3O4S/c16-11-7-14(6-5-13-11)12(17)8-20-10-3-1-9(2-4-10)15(18)19/h1-4H,5-8H2,(H,13,16). The number of hydrogen-bond donors (Lipinski definition) is 1. The van der Waals surface area contributed by atoms with Crippen LogP contribution in [-0.4, -0.2) is 47.0 Å². The Morgan fingerprint density at radius 3 is 2.70 bits per heavy atom. The monoisotopic (exact) mass is 295 g/mol. The summed E-state index contributed by atoms with van der Waals surface area (Å²) in [6.07, 6.45) is 0. The molecule has 7 nitrogen and oxygen atoms in total. The van der Waals surface area contributed by atoms with Crippen LogP contribution in [0.1, 0.15) is 0 Å². The molecule has 1 aliphatic heterocycles. The van der Waals surface area contributed by atoms with Gasteiger partial charge in [0, 0.05) is 30.1 Å². The lowest BCUT2D eigenvalue weighted by atomic mass is 10.3. The summed E-state index contributed by atoms with van der Waals surface area (Å²) in [6, 6.07) is 6.03. The third-order valence-corrected chi connectivity index (χ3v) is 3.80. The van der Waals surface area contributed by atoms with Crippen molar-refractivity contribution in [1.29, 1.82) is 0 Å². The number of hydrogen-bond acceptors (Lipinski definition) is 5. The Morgan fingerprint density at radius 1 is 1.40 bits per heavy atom. The molecule has 1 aromatic carbocycles. The largest absolute Gasteiger partial charge is 0.353 e. The second-order valence-corrected chi connectivity index (χ2v) is 5.25. The molecule has 0 atom stereocenters. The minimum absolute atomic E-state index is 0.0216. The maximum atomic E-state index is 11.9. The number of rotatable bonds is 4. The predicted molar refractivity (Wildman–Crippen MR) is 73.4 cm³/mol. The molecule has 8 heteroatoms. The summed E-state index contributed by atoms with van der Waals surface area (Å²) < 4.78 is 0. The normalized spacial score (nSPS) is 14.8. The van der Waals surface area contributed by atoms with Crippen LogP contribution in [0, 0.1) is 10.1 Å². The molecule has 0 spiro atoms. The molecule has 1 heterocycles. The number of nitrogens with zero attached hydrogens (tertiary/aromatic N) is 2. The number of amides is 2. The molecule has 0 aromatic heterocycles. The van der Waals surface area contributed by atoms with Crippen LogP contribution in [0.15, 0.2) is 29.2 Å². The van der Waals surface area contributed by atoms with E-state index in [2.05, 4.69) is 5.32 Å². The average molecular weight is 295 g/mol. The van der Waals surface area contributed by atoms with Gasteiger partial charge in [-0.15, -0.1) is 11.8 Å². The van der Waals surface area contributed by atoms with Crippen LogP contribution < -0.4 is 5.32 Å². The Morgan fingerprint density at radius 2 is 2.10 bits per heavy atom. The Bertz CT molecular complexity index is 532. The van der Waals surface area contributed by atoms with Crippen LogP contribution in [0.3, 0.4) is 0 Å². The Balaban J connectivity index is 1.86. The zero-order valence-electron chi connectivity index (χ0n) is 10.6. The zero-order chi connectivity index (χ0) is 14.5. The molecule has 1 saturated heterocycles. The van der Waals surface area contributed by atoms with Gasteiger partial charge in [0.05, 0.1) is 17.2 Å². The molecule has 0 aliphatic carbocycles. The van der Waals surface area contributed by atoms with Crippen LogP contribution in [0.4, 0.5) is 5.69 Å². The molecule has 1 N–H and O–H groups in total. The first-order valence-electron chi connectivity index (χ1n) is 5.98. The lowest BCUT2D eigenvalue weighted by Gasteiger charge is -2.26. The van der Waals surface area contributed by atoms with Gasteiger partial charge >= 0.3 is 0 Å². The molecule has 1 aliphatic rings. The summed E-state index contributed by atoms with van der Waals surface area (Å²) in [5.74, 6) is -0.0430. The molecule has 0 radical (unpaired) electrons. The molecule has 0 saturated carbocycles. The summed E-state index contributed by atoms with van der Waals surface area (Å²) in [6.45, 7) is 1.10. The van der Waals surface area contributed by atoms with E-state index in [1.165, 1.54) is 28.8 Å². The number of non-ortho nitro benzene ring substituents is 1. The third-order valence-electron chi connectivity index (χ3n) is 2.80. The van der Waals surface area contributed by atoms with Gasteiger partial charge in [-0.1, -0.05) is 0 Å². The van der Waals surface area contributed by atoms with Gasteiger partial charge in [0.25, 0.3) is 5.69 Å². The lowest BCUT2D eigenvalue weighted by Crippen LogP contribution is -2.50. The highest BCUT2D eigenvalue weighted by atomic mass is 32.2. The van der Waals surface area contributed by atoms with E-state index in [0.717, 1.165) is 4.90 Å². The van der Waals surface area contributed by atoms with Crippen molar-refractivity contribution in [1.82, 2.24) is 10.2 Å². The second kappa shape index (κ2) is 6.38. The van der Waals surface area contributed by atoms with Crippen LogP contribution >= 0.6 is 11.8 Å². The Kier molecular flexibility index (Phi) is 4.57. The van der Waals surface area contributed by atoms with Crippen molar-refractivity contribution in [2.24, 2.45) is 0 Å². The molecule has 1 aromatic rings. The van der Waals surface area contributed by atoms with E-state index in [0.29, 0.717) is 13.1 Å². The highest BCUT2D eigenvalue weighted by Crippen LogP contribution is 2.21. The third kappa shape index (κ3) is 3.70. The van der Waals surface area contributed by atoms with Gasteiger partial charge in [0.15, 0.2) is 0 Å². The summed E-state index contributed by atoms with van der Waals surface area (Å²) in [7, 11) is 0. The first-order valence-corrected chi connectivity index (χ1v) is 6.96. The van der Waals surface area contributed by atoms with Crippen LogP contribution in [0.2, 0.25) is 0 Å². The van der Waals surface area contributed by atoms with Gasteiger partial charge < -0.3 is 10.2 Å². The van der Waals surface area contributed by atoms with Crippen molar-refractivity contribution < 1.29 is 14.5 Å². The fourth-order valence-electron chi connectivity index (χ4n) is 1.75. The summed E-state index contributed by atoms with van der Waals surface area (Å²) >= 11 is 1.30. The van der Waals surface area contributed by atoms with Crippen molar-refractivity contribution in [2.45, 2.75) is 4.90 Å². The zero-order valence-corrected chi connectivity index (χ0v) is 11.4. The van der Waals surface area contributed by atoms with Crippen LogP contribution in [-0.2, 0) is 9.59 Å². The van der Waals surface area contributed by atoms with Gasteiger partial charge in [-0.05, 0) is 12.1 Å². The minimum atomic E-state index is -0.466. The topological polar surface area (TPSA) is 92.5 Å². The number of benzene rings is 1. The van der Waals surface area contributed by atoms with Crippen LogP contribution in [0.5, 0.6) is 0 Å². The van der Waals surface area contributed by atoms with Gasteiger partial charge in [-0.3, -0.25) is 19.7 Å². The van der Waals surface area contributed by atoms with E-state index >= 15 is 0 Å². The molecule has 0 bridgehead atoms. The fourth-order valence-corrected chi connectivity index (χ4v) is 2.55. The molecule has 2 rings (SSSR count). The van der Waals surface area contributed by atoms with Crippen molar-refractivity contribution in [3.63, 3.8) is 0 Å². The van der Waals surface area contributed by atoms with Crippen molar-refractivity contribution >= 4 is 29.3 Å². The van der Waals surface area contributed by atoms with Crippen molar-refractivity contribution in [3.05, 3.63) is 34.4 Å². The highest BCUT2D eigenvalue weighted by Gasteiger charge is 2.20. The second-order valence-electron chi connectivity index (χ2n) is 4.20. The molecule has 0 unspecified atom stereocenters. The van der Waals surface area contributed by atoms with E-state index in [1.54, 1.807) is 12.1 Å². The summed E-state index contributed by atoms with van der Waals surface area (Å²) in [4.78, 5) is 35.4. The maximum absolute atomic E-state index is 11.9. The fraction of sp³-hybridized carbons (Fsp3) is 0.333. The number of piperazine rings is 1. The van der Waals surface area contributed by atoms with Gasteiger partial charge in [0.1, 0.15) is 0 Å². The number of nitro benzene ring substituents is 1. The lowest BCUT2D eigenvalue weighted by molar-refractivity contribution is -0.384. The predicted octanol–water partition coefficient (Wildman–Crippen LogP) is 0.645. The van der Waals surface area contributed by atoms with Crippen molar-refractivity contribution in [2.75, 3.05) is 25.4 Å². The number of carbonyl (C=O) groups excluding carboxylic acids is 2. The first-order chi connectivity index (χ1) is 9.56. The van der Waals surface area contributed by atoms with E-state index in [9.17, 15) is 19.7 Å². The number of thioether (sulfide) groups is 1. The van der Waals surface area contributed by atoms with Crippen molar-refractivity contribution in [3.8, 4) is 0 Å². The SMILES string of the molecule is O=C1CN(C(=O)CSc2ccc([N+](=O)[O-])cc2)CCN1. The van der Waals surface area contributed by atoms with Gasteiger partial charge in [-0.2, -0.15) is 0 Å². The molecule has 20 heavy (non-hydrogen) atoms. The Hall–Kier alpha value is -2.09. The molecule has 2 amide bonds. The molecular weight excluding hydrogens is 282 g/mol. The number of nitro groups is 1. The van der Waals surface area contributed by atoms with E-state index in [-0.39, 0.29) is 29.8 Å². The smallest absolute Gasteiger partial charge is 0.269 e. The van der Waals surface area contributed by atoms with E-state index in [4.69, 9.17) is 0 Å².